The van der Waals surface area contributed by atoms with Crippen LogP contribution in [0.25, 0.3) is 72.7 Å². The number of fused-ring (bicyclic) bond motifs is 1. The van der Waals surface area contributed by atoms with E-state index in [1.807, 2.05) is 77.9 Å². The number of pyridine rings is 1. The molecule has 0 amide bonds. The first-order valence-corrected chi connectivity index (χ1v) is 19.6. The van der Waals surface area contributed by atoms with Gasteiger partial charge < -0.3 is 5.11 Å². The van der Waals surface area contributed by atoms with Crippen molar-refractivity contribution in [1.29, 1.82) is 0 Å². The van der Waals surface area contributed by atoms with Crippen LogP contribution in [0.4, 0.5) is 0 Å². The van der Waals surface area contributed by atoms with E-state index in [0.29, 0.717) is 33.3 Å². The van der Waals surface area contributed by atoms with Crippen molar-refractivity contribution in [2.75, 3.05) is 0 Å². The highest BCUT2D eigenvalue weighted by atomic mass is 16.3. The number of benzene rings is 6. The summed E-state index contributed by atoms with van der Waals surface area (Å²) in [5, 5.41) is 12.7. The van der Waals surface area contributed by atoms with Crippen molar-refractivity contribution in [1.82, 2.24) is 14.5 Å². The van der Waals surface area contributed by atoms with Crippen molar-refractivity contribution in [2.24, 2.45) is 0 Å². The van der Waals surface area contributed by atoms with Gasteiger partial charge in [-0.05, 0) is 123 Å². The van der Waals surface area contributed by atoms with Gasteiger partial charge in [-0.3, -0.25) is 9.55 Å². The number of hydrogen-bond donors (Lipinski definition) is 1. The molecule has 0 spiro atoms. The third-order valence-electron chi connectivity index (χ3n) is 10.6. The number of aromatic hydroxyl groups is 1. The molecular weight excluding hydrogens is 731 g/mol. The average Bonchev–Trinajstić information content (AvgIpc) is 3.85. The largest absolute Gasteiger partial charge is 0.507 e. The molecule has 1 N–H and O–H groups in total. The van der Waals surface area contributed by atoms with Gasteiger partial charge in [-0.1, -0.05) is 153 Å². The highest BCUT2D eigenvalue weighted by Crippen LogP contribution is 2.45. The summed E-state index contributed by atoms with van der Waals surface area (Å²) < 4.78 is 166. The van der Waals surface area contributed by atoms with Crippen LogP contribution in [0.1, 0.15) is 116 Å². The van der Waals surface area contributed by atoms with Crippen LogP contribution in [0.3, 0.4) is 0 Å². The van der Waals surface area contributed by atoms with Crippen LogP contribution in [0.2, 0.25) is 0 Å². The van der Waals surface area contributed by atoms with Crippen LogP contribution in [0, 0.1) is 13.7 Å². The normalized spacial score (nSPS) is 17.8. The Balaban J connectivity index is 1.51. The SMILES string of the molecule is [2H]c1nc(-c2cc(-c3cccc4c3nc(-c3cc(C(C)(C)C)cc(C(C)(C([2H])([2H])[2H])C([2H])([2H])[2H])c3O)n4-c3ccc(-c4ccccc4)cc3C([2H])([2H])[2H])cc(C(C)(C)C)c2)c([2H])c(-c2c([2H])c([2H])c(C([2H])([2H])[2H])c([2H])c2[2H])c1[2H]. The monoisotopic (exact) mass is 807 g/mol. The Labute approximate surface area is 383 Å². The van der Waals surface area contributed by atoms with Crippen LogP contribution in [-0.4, -0.2) is 19.6 Å². The molecule has 0 aliphatic heterocycles. The number of aryl methyl sites for hydroxylation is 1. The highest BCUT2D eigenvalue weighted by molar-refractivity contribution is 5.97. The van der Waals surface area contributed by atoms with Gasteiger partial charge >= 0.3 is 0 Å². The second-order valence-corrected chi connectivity index (χ2v) is 17.3. The highest BCUT2D eigenvalue weighted by Gasteiger charge is 2.29. The molecule has 4 heteroatoms. The van der Waals surface area contributed by atoms with Crippen molar-refractivity contribution in [3.63, 3.8) is 0 Å². The second-order valence-electron chi connectivity index (χ2n) is 17.3. The third kappa shape index (κ3) is 7.79. The van der Waals surface area contributed by atoms with Crippen LogP contribution >= 0.6 is 0 Å². The molecule has 6 aromatic carbocycles. The number of para-hydroxylation sites is 1. The molecule has 0 unspecified atom stereocenters. The molecule has 8 aromatic rings. The number of phenols is 1. The van der Waals surface area contributed by atoms with E-state index in [-0.39, 0.29) is 39.4 Å². The Morgan fingerprint density at radius 3 is 2.03 bits per heavy atom. The lowest BCUT2D eigenvalue weighted by atomic mass is 9.79. The molecule has 2 heterocycles. The fraction of sp³-hybridized carbons (Fsp3) is 0.250. The Morgan fingerprint density at radius 2 is 1.33 bits per heavy atom. The van der Waals surface area contributed by atoms with E-state index in [1.165, 1.54) is 6.07 Å². The van der Waals surface area contributed by atoms with E-state index in [0.717, 1.165) is 12.5 Å². The molecule has 0 aliphatic carbocycles. The molecule has 0 radical (unpaired) electrons. The molecule has 2 aromatic heterocycles. The van der Waals surface area contributed by atoms with E-state index in [1.54, 1.807) is 59.2 Å². The van der Waals surface area contributed by atoms with Crippen LogP contribution in [0.5, 0.6) is 5.75 Å². The number of hydrogen-bond acceptors (Lipinski definition) is 3. The molecule has 0 bridgehead atoms. The summed E-state index contributed by atoms with van der Waals surface area (Å²) in [4.78, 5) is 9.61. The zero-order valence-electron chi connectivity index (χ0n) is 53.5. The number of aromatic nitrogens is 3. The third-order valence-corrected chi connectivity index (χ3v) is 10.6. The van der Waals surface area contributed by atoms with Crippen LogP contribution < -0.4 is 0 Å². The van der Waals surface area contributed by atoms with Crippen LogP contribution in [-0.2, 0) is 16.2 Å². The van der Waals surface area contributed by atoms with Crippen LogP contribution in [0.15, 0.2) is 139 Å². The Bertz CT molecular complexity index is 3700. The maximum atomic E-state index is 12.7. The van der Waals surface area contributed by atoms with Gasteiger partial charge in [-0.2, -0.15) is 0 Å². The predicted octanol–water partition coefficient (Wildman–Crippen LogP) is 15.0. The molecule has 8 rings (SSSR count). The maximum Gasteiger partial charge on any atom is 0.149 e. The summed E-state index contributed by atoms with van der Waals surface area (Å²) in [6, 6.07) is 22.6. The fourth-order valence-corrected chi connectivity index (χ4v) is 7.29. The molecule has 0 atom stereocenters. The molecule has 0 saturated heterocycles. The molecule has 0 saturated carbocycles. The fourth-order valence-electron chi connectivity index (χ4n) is 7.29. The average molecular weight is 807 g/mol. The Hall–Kier alpha value is -6.26. The molecule has 4 nitrogen and oxygen atoms in total. The van der Waals surface area contributed by atoms with Gasteiger partial charge in [0.05, 0.1) is 37.6 Å². The van der Waals surface area contributed by atoms with E-state index in [9.17, 15) is 6.48 Å². The first-order valence-electron chi connectivity index (χ1n) is 29.1. The quantitative estimate of drug-likeness (QED) is 0.182. The standard InChI is InChI=1S/C56H57N3O/c1-35-20-22-38(23-21-35)40-26-27-57-48(32-40)42-29-41(30-43(31-42)54(3,4)5)45-18-15-19-50-51(45)58-53(46-33-44(55(6,7)8)34-47(52(46)60)56(9,10)11)59(50)49-25-24-39(28-36(49)2)37-16-13-12-14-17-37/h12-34,60H,1-11H3/i1D3,2D3,9D3,10D3,20D,21D,22D,23D,26D,27D,32D. The van der Waals surface area contributed by atoms with E-state index in [2.05, 4.69) is 4.98 Å². The molecule has 0 aliphatic rings. The first-order chi connectivity index (χ1) is 36.2. The second kappa shape index (κ2) is 15.1. The minimum atomic E-state index is -3.20. The summed E-state index contributed by atoms with van der Waals surface area (Å²) in [5.74, 6) is -0.789. The molecule has 302 valence electrons. The van der Waals surface area contributed by atoms with Crippen molar-refractivity contribution in [2.45, 2.75) is 92.1 Å². The number of imidazole rings is 1. The summed E-state index contributed by atoms with van der Waals surface area (Å²) >= 11 is 0. The van der Waals surface area contributed by atoms with Gasteiger partial charge in [0.25, 0.3) is 0 Å². The minimum Gasteiger partial charge on any atom is -0.507 e. The molecule has 0 fully saturated rings. The summed E-state index contributed by atoms with van der Waals surface area (Å²) in [6.45, 7) is 0.117. The van der Waals surface area contributed by atoms with E-state index in [4.69, 9.17) is 29.7 Å². The first kappa shape index (κ1) is 23.5. The Morgan fingerprint density at radius 1 is 0.600 bits per heavy atom. The maximum absolute atomic E-state index is 12.7. The van der Waals surface area contributed by atoms with Gasteiger partial charge in [0, 0.05) is 39.3 Å². The topological polar surface area (TPSA) is 50.9 Å². The van der Waals surface area contributed by atoms with Crippen molar-refractivity contribution < 1.29 is 31.2 Å². The molecule has 60 heavy (non-hydrogen) atoms. The lowest BCUT2D eigenvalue weighted by Crippen LogP contribution is -2.17. The minimum absolute atomic E-state index is 0.0787. The van der Waals surface area contributed by atoms with E-state index >= 15 is 0 Å². The lowest BCUT2D eigenvalue weighted by molar-refractivity contribution is 0.446. The zero-order chi connectivity index (χ0) is 58.8. The Kier molecular flexibility index (Phi) is 5.91. The van der Waals surface area contributed by atoms with Gasteiger partial charge in [-0.25, -0.2) is 4.98 Å². The summed E-state index contributed by atoms with van der Waals surface area (Å²) in [6.07, 6.45) is -0.681. The van der Waals surface area contributed by atoms with Gasteiger partial charge in [0.2, 0.25) is 0 Å². The van der Waals surface area contributed by atoms with Crippen molar-refractivity contribution in [3.05, 3.63) is 167 Å². The van der Waals surface area contributed by atoms with E-state index < -0.39 is 114 Å². The zero-order valence-corrected chi connectivity index (χ0v) is 34.5. The molecular formula is C56H57N3O. The number of rotatable bonds is 6. The number of phenolic OH excluding ortho intramolecular Hbond substituents is 1. The van der Waals surface area contributed by atoms with Gasteiger partial charge in [0.1, 0.15) is 11.6 Å². The number of nitrogens with zero attached hydrogens (tertiary/aromatic N) is 3. The summed E-state index contributed by atoms with van der Waals surface area (Å²) in [5.41, 5.74) is -2.75. The summed E-state index contributed by atoms with van der Waals surface area (Å²) in [7, 11) is 0. The smallest absolute Gasteiger partial charge is 0.149 e. The van der Waals surface area contributed by atoms with Crippen molar-refractivity contribution in [3.8, 4) is 67.5 Å². The van der Waals surface area contributed by atoms with Crippen molar-refractivity contribution >= 4 is 11.0 Å². The lowest BCUT2D eigenvalue weighted by Gasteiger charge is -2.27. The van der Waals surface area contributed by atoms with Gasteiger partial charge in [-0.15, -0.1) is 0 Å². The van der Waals surface area contributed by atoms with Gasteiger partial charge in [0.15, 0.2) is 0 Å². The predicted molar refractivity (Wildman–Crippen MR) is 253 cm³/mol.